The number of amides is 1. The van der Waals surface area contributed by atoms with Gasteiger partial charge in [0.15, 0.2) is 5.78 Å². The first kappa shape index (κ1) is 12.6. The molecule has 1 N–H and O–H groups in total. The van der Waals surface area contributed by atoms with E-state index in [0.717, 1.165) is 5.56 Å². The zero-order chi connectivity index (χ0) is 13.0. The number of alkyl halides is 1. The molecule has 1 aromatic carbocycles. The summed E-state index contributed by atoms with van der Waals surface area (Å²) in [7, 11) is 0. The van der Waals surface area contributed by atoms with Crippen LogP contribution in [0.2, 0.25) is 0 Å². The molecule has 0 bridgehead atoms. The summed E-state index contributed by atoms with van der Waals surface area (Å²) in [5, 5.41) is 2.73. The van der Waals surface area contributed by atoms with Crippen molar-refractivity contribution in [3.8, 4) is 5.75 Å². The largest absolute Gasteiger partial charge is 0.491 e. The normalized spacial score (nSPS) is 14.6. The predicted molar refractivity (Wildman–Crippen MR) is 69.0 cm³/mol. The van der Waals surface area contributed by atoms with Crippen LogP contribution in [0.25, 0.3) is 6.08 Å². The minimum Gasteiger partial charge on any atom is -0.491 e. The molecule has 94 valence electrons. The molecule has 4 nitrogen and oxygen atoms in total. The highest BCUT2D eigenvalue weighted by atomic mass is 35.5. The summed E-state index contributed by atoms with van der Waals surface area (Å²) in [5.74, 6) is 0.171. The fourth-order valence-corrected chi connectivity index (χ4v) is 1.70. The third kappa shape index (κ3) is 2.90. The zero-order valence-electron chi connectivity index (χ0n) is 9.61. The Balaban J connectivity index is 2.28. The number of hydrogen-bond donors (Lipinski definition) is 1. The van der Waals surface area contributed by atoms with Crippen molar-refractivity contribution in [3.63, 3.8) is 0 Å². The van der Waals surface area contributed by atoms with Gasteiger partial charge in [-0.3, -0.25) is 9.59 Å². The molecule has 1 amide bonds. The monoisotopic (exact) mass is 265 g/mol. The maximum Gasteiger partial charge on any atom is 0.255 e. The molecule has 0 saturated heterocycles. The first-order chi connectivity index (χ1) is 8.70. The Bertz CT molecular complexity index is 511. The van der Waals surface area contributed by atoms with Crippen molar-refractivity contribution in [2.24, 2.45) is 0 Å². The summed E-state index contributed by atoms with van der Waals surface area (Å²) in [6.07, 6.45) is 3.02. The maximum absolute atomic E-state index is 11.7. The summed E-state index contributed by atoms with van der Waals surface area (Å²) >= 11 is 5.39. The van der Waals surface area contributed by atoms with Crippen LogP contribution in [0.15, 0.2) is 24.3 Å². The second-order valence-electron chi connectivity index (χ2n) is 3.79. The van der Waals surface area contributed by atoms with E-state index in [9.17, 15) is 9.59 Å². The van der Waals surface area contributed by atoms with Gasteiger partial charge in [0.05, 0.1) is 18.0 Å². The molecule has 2 rings (SSSR count). The van der Waals surface area contributed by atoms with Crippen LogP contribution in [-0.2, 0) is 4.79 Å². The lowest BCUT2D eigenvalue weighted by Gasteiger charge is -2.05. The van der Waals surface area contributed by atoms with E-state index >= 15 is 0 Å². The number of benzene rings is 1. The molecule has 1 aliphatic rings. The molecule has 0 aromatic heterocycles. The maximum atomic E-state index is 11.7. The fourth-order valence-electron chi connectivity index (χ4n) is 1.61. The molecule has 1 aliphatic heterocycles. The zero-order valence-corrected chi connectivity index (χ0v) is 10.4. The second-order valence-corrected chi connectivity index (χ2v) is 4.06. The number of ether oxygens (including phenoxy) is 1. The van der Waals surface area contributed by atoms with E-state index in [0.29, 0.717) is 24.5 Å². The van der Waals surface area contributed by atoms with Crippen LogP contribution in [0.1, 0.15) is 15.9 Å². The second kappa shape index (κ2) is 5.69. The van der Waals surface area contributed by atoms with Gasteiger partial charge in [-0.15, -0.1) is 11.6 Å². The average molecular weight is 266 g/mol. The fraction of sp³-hybridized carbons (Fsp3) is 0.231. The summed E-state index contributed by atoms with van der Waals surface area (Å²) in [6.45, 7) is 0.947. The number of hydrogen-bond acceptors (Lipinski definition) is 3. The van der Waals surface area contributed by atoms with E-state index in [1.165, 1.54) is 6.08 Å². The Morgan fingerprint density at radius 3 is 3.11 bits per heavy atom. The highest BCUT2D eigenvalue weighted by Gasteiger charge is 2.15. The number of fused-ring (bicyclic) bond motifs is 1. The van der Waals surface area contributed by atoms with Crippen molar-refractivity contribution in [3.05, 3.63) is 35.4 Å². The molecule has 0 aliphatic carbocycles. The predicted octanol–water partition coefficient (Wildman–Crippen LogP) is 1.63. The van der Waals surface area contributed by atoms with Gasteiger partial charge in [0, 0.05) is 0 Å². The van der Waals surface area contributed by atoms with Crippen molar-refractivity contribution >= 4 is 29.4 Å². The average Bonchev–Trinajstić information content (AvgIpc) is 2.58. The number of allylic oxidation sites excluding steroid dienone is 1. The van der Waals surface area contributed by atoms with Gasteiger partial charge >= 0.3 is 0 Å². The van der Waals surface area contributed by atoms with Crippen LogP contribution < -0.4 is 10.1 Å². The first-order valence-electron chi connectivity index (χ1n) is 5.52. The van der Waals surface area contributed by atoms with Gasteiger partial charge in [-0.1, -0.05) is 12.1 Å². The van der Waals surface area contributed by atoms with Crippen LogP contribution >= 0.6 is 11.6 Å². The van der Waals surface area contributed by atoms with Gasteiger partial charge in [0.25, 0.3) is 5.91 Å². The van der Waals surface area contributed by atoms with Gasteiger partial charge in [-0.2, -0.15) is 0 Å². The van der Waals surface area contributed by atoms with Gasteiger partial charge < -0.3 is 10.1 Å². The van der Waals surface area contributed by atoms with Crippen LogP contribution in [0, 0.1) is 0 Å². The molecule has 1 aromatic rings. The van der Waals surface area contributed by atoms with Gasteiger partial charge in [-0.05, 0) is 23.8 Å². The quantitative estimate of drug-likeness (QED) is 0.668. The van der Waals surface area contributed by atoms with E-state index in [2.05, 4.69) is 5.32 Å². The number of nitrogens with one attached hydrogen (secondary N) is 1. The molecule has 0 radical (unpaired) electrons. The van der Waals surface area contributed by atoms with Crippen LogP contribution in [0.3, 0.4) is 0 Å². The van der Waals surface area contributed by atoms with Crippen LogP contribution in [0.4, 0.5) is 0 Å². The highest BCUT2D eigenvalue weighted by molar-refractivity contribution is 6.29. The first-order valence-corrected chi connectivity index (χ1v) is 6.06. The third-order valence-electron chi connectivity index (χ3n) is 2.49. The standard InChI is InChI=1S/C13H12ClNO3/c14-8-10(16)3-1-9-2-4-12-11(7-9)13(17)15-5-6-18-12/h1-4,7H,5-6,8H2,(H,15,17)/b3-1+. The molecule has 0 unspecified atom stereocenters. The Hall–Kier alpha value is -1.81. The van der Waals surface area contributed by atoms with Gasteiger partial charge in [0.2, 0.25) is 0 Å². The van der Waals surface area contributed by atoms with E-state index < -0.39 is 0 Å². The minimum absolute atomic E-state index is 0.0506. The molecular formula is C13H12ClNO3. The lowest BCUT2D eigenvalue weighted by atomic mass is 10.1. The van der Waals surface area contributed by atoms with Crippen LogP contribution in [0.5, 0.6) is 5.75 Å². The molecule has 1 heterocycles. The van der Waals surface area contributed by atoms with E-state index in [4.69, 9.17) is 16.3 Å². The smallest absolute Gasteiger partial charge is 0.255 e. The molecule has 0 atom stereocenters. The lowest BCUT2D eigenvalue weighted by Crippen LogP contribution is -2.24. The van der Waals surface area contributed by atoms with Gasteiger partial charge in [0.1, 0.15) is 12.4 Å². The Morgan fingerprint density at radius 2 is 2.33 bits per heavy atom. The minimum atomic E-state index is -0.174. The van der Waals surface area contributed by atoms with Crippen molar-refractivity contribution in [1.29, 1.82) is 0 Å². The molecule has 5 heteroatoms. The van der Waals surface area contributed by atoms with Crippen molar-refractivity contribution in [1.82, 2.24) is 5.32 Å². The summed E-state index contributed by atoms with van der Waals surface area (Å²) < 4.78 is 5.43. The highest BCUT2D eigenvalue weighted by Crippen LogP contribution is 2.22. The summed E-state index contributed by atoms with van der Waals surface area (Å²) in [6, 6.07) is 5.20. The van der Waals surface area contributed by atoms with E-state index in [1.807, 2.05) is 0 Å². The Kier molecular flexibility index (Phi) is 3.99. The number of rotatable bonds is 3. The SMILES string of the molecule is O=C(/C=C/c1ccc2c(c1)C(=O)NCCO2)CCl. The Morgan fingerprint density at radius 1 is 1.50 bits per heavy atom. The molecule has 18 heavy (non-hydrogen) atoms. The number of carbonyl (C=O) groups excluding carboxylic acids is 2. The summed E-state index contributed by atoms with van der Waals surface area (Å²) in [5.41, 5.74) is 1.24. The number of carbonyl (C=O) groups is 2. The Labute approximate surface area is 110 Å². The van der Waals surface area contributed by atoms with Crippen molar-refractivity contribution in [2.75, 3.05) is 19.0 Å². The number of ketones is 1. The summed E-state index contributed by atoms with van der Waals surface area (Å²) in [4.78, 5) is 22.8. The van der Waals surface area contributed by atoms with Gasteiger partial charge in [-0.25, -0.2) is 0 Å². The van der Waals surface area contributed by atoms with E-state index in [1.54, 1.807) is 24.3 Å². The molecule has 0 saturated carbocycles. The lowest BCUT2D eigenvalue weighted by molar-refractivity contribution is -0.112. The topological polar surface area (TPSA) is 55.4 Å². The molecule has 0 fully saturated rings. The molecular weight excluding hydrogens is 254 g/mol. The number of halogens is 1. The van der Waals surface area contributed by atoms with Crippen molar-refractivity contribution in [2.45, 2.75) is 0 Å². The van der Waals surface area contributed by atoms with Crippen molar-refractivity contribution < 1.29 is 14.3 Å². The molecule has 0 spiro atoms. The van der Waals surface area contributed by atoms with E-state index in [-0.39, 0.29) is 17.6 Å². The third-order valence-corrected chi connectivity index (χ3v) is 2.75. The van der Waals surface area contributed by atoms with Crippen LogP contribution in [-0.4, -0.2) is 30.7 Å².